The smallest absolute Gasteiger partial charge is 0.418 e. The van der Waals surface area contributed by atoms with Gasteiger partial charge >= 0.3 is 6.09 Å². The number of hydrogen-bond acceptors (Lipinski definition) is 5. The van der Waals surface area contributed by atoms with E-state index in [0.717, 1.165) is 0 Å². The summed E-state index contributed by atoms with van der Waals surface area (Å²) < 4.78 is 11.1. The zero-order valence-corrected chi connectivity index (χ0v) is 12.1. The molecule has 2 aliphatic heterocycles. The van der Waals surface area contributed by atoms with Crippen molar-refractivity contribution in [1.29, 1.82) is 5.26 Å². The fraction of sp³-hybridized carbons (Fsp3) is 0.429. The minimum atomic E-state index is -1.02. The van der Waals surface area contributed by atoms with Gasteiger partial charge in [-0.15, -0.1) is 0 Å². The number of fused-ring (bicyclic) bond motifs is 1. The largest absolute Gasteiger partial charge is 0.454 e. The lowest BCUT2D eigenvalue weighted by Gasteiger charge is -2.51. The summed E-state index contributed by atoms with van der Waals surface area (Å²) in [4.78, 5) is 13.8. The maximum absolute atomic E-state index is 12.3. The number of rotatable bonds is 1. The number of hydrogen-bond donors (Lipinski definition) is 0. The Morgan fingerprint density at radius 2 is 2.35 bits per heavy atom. The summed E-state index contributed by atoms with van der Waals surface area (Å²) in [5.41, 5.74) is -0.108. The van der Waals surface area contributed by atoms with E-state index in [4.69, 9.17) is 9.47 Å². The van der Waals surface area contributed by atoms with Gasteiger partial charge in [0.2, 0.25) is 0 Å². The van der Waals surface area contributed by atoms with Gasteiger partial charge in [0, 0.05) is 5.75 Å². The van der Waals surface area contributed by atoms with Crippen molar-refractivity contribution in [3.05, 3.63) is 24.3 Å². The van der Waals surface area contributed by atoms with Gasteiger partial charge in [-0.3, -0.25) is 0 Å². The summed E-state index contributed by atoms with van der Waals surface area (Å²) >= 11 is 1.45. The first-order valence-corrected chi connectivity index (χ1v) is 7.37. The predicted molar refractivity (Wildman–Crippen MR) is 75.5 cm³/mol. The Labute approximate surface area is 121 Å². The molecule has 2 aliphatic rings. The molecule has 20 heavy (non-hydrogen) atoms. The lowest BCUT2D eigenvalue weighted by atomic mass is 9.90. The fourth-order valence-electron chi connectivity index (χ4n) is 2.46. The van der Waals surface area contributed by atoms with Crippen LogP contribution in [0.4, 0.5) is 10.5 Å². The predicted octanol–water partition coefficient (Wildman–Crippen LogP) is 2.97. The Bertz CT molecular complexity index is 615. The maximum Gasteiger partial charge on any atom is 0.418 e. The summed E-state index contributed by atoms with van der Waals surface area (Å²) in [5.74, 6) is 1.22. The molecule has 0 bridgehead atoms. The van der Waals surface area contributed by atoms with Gasteiger partial charge in [0.25, 0.3) is 5.06 Å². The molecule has 0 N–H and O–H groups in total. The number of benzene rings is 1. The van der Waals surface area contributed by atoms with Gasteiger partial charge < -0.3 is 9.47 Å². The molecule has 6 heteroatoms. The quantitative estimate of drug-likeness (QED) is 0.795. The van der Waals surface area contributed by atoms with E-state index in [2.05, 4.69) is 6.07 Å². The van der Waals surface area contributed by atoms with Crippen molar-refractivity contribution in [3.8, 4) is 11.8 Å². The molecule has 5 nitrogen and oxygen atoms in total. The Hall–Kier alpha value is -1.87. The van der Waals surface area contributed by atoms with Gasteiger partial charge in [-0.05, 0) is 26.0 Å². The maximum atomic E-state index is 12.3. The second-order valence-corrected chi connectivity index (χ2v) is 6.05. The molecule has 1 aromatic carbocycles. The number of thioether (sulfide) groups is 1. The third kappa shape index (κ3) is 1.47. The molecular weight excluding hydrogens is 276 g/mol. The van der Waals surface area contributed by atoms with Crippen LogP contribution in [0.2, 0.25) is 0 Å². The van der Waals surface area contributed by atoms with Crippen LogP contribution in [0, 0.1) is 16.7 Å². The van der Waals surface area contributed by atoms with Gasteiger partial charge in [0.15, 0.2) is 0 Å². The van der Waals surface area contributed by atoms with Crippen molar-refractivity contribution >= 4 is 23.5 Å². The highest BCUT2D eigenvalue weighted by molar-refractivity contribution is 8.02. The topological polar surface area (TPSA) is 62.6 Å². The van der Waals surface area contributed by atoms with E-state index in [1.54, 1.807) is 19.1 Å². The van der Waals surface area contributed by atoms with E-state index < -0.39 is 16.6 Å². The Kier molecular flexibility index (Phi) is 2.83. The third-order valence-corrected chi connectivity index (χ3v) is 5.43. The second-order valence-electron chi connectivity index (χ2n) is 4.92. The molecule has 1 amide bonds. The van der Waals surface area contributed by atoms with Crippen LogP contribution in [-0.4, -0.2) is 23.5 Å². The first-order chi connectivity index (χ1) is 9.58. The summed E-state index contributed by atoms with van der Waals surface area (Å²) in [6, 6.07) is 9.55. The fourth-order valence-corrected chi connectivity index (χ4v) is 3.84. The average Bonchev–Trinajstić information content (AvgIpc) is 2.83. The first kappa shape index (κ1) is 13.1. The normalized spacial score (nSPS) is 30.1. The molecule has 1 saturated heterocycles. The number of carbonyl (C=O) groups is 1. The van der Waals surface area contributed by atoms with Crippen molar-refractivity contribution in [2.24, 2.45) is 5.41 Å². The number of amides is 1. The summed E-state index contributed by atoms with van der Waals surface area (Å²) in [6.45, 7) is 3.84. The highest BCUT2D eigenvalue weighted by Gasteiger charge is 2.69. The van der Waals surface area contributed by atoms with E-state index in [0.29, 0.717) is 17.2 Å². The minimum Gasteiger partial charge on any atom is -0.454 e. The van der Waals surface area contributed by atoms with Gasteiger partial charge in [0.1, 0.15) is 11.2 Å². The van der Waals surface area contributed by atoms with Crippen molar-refractivity contribution in [2.75, 3.05) is 17.3 Å². The molecule has 2 unspecified atom stereocenters. The van der Waals surface area contributed by atoms with Crippen molar-refractivity contribution in [1.82, 2.24) is 0 Å². The molecule has 0 radical (unpaired) electrons. The van der Waals surface area contributed by atoms with Gasteiger partial charge in [0.05, 0.1) is 18.4 Å². The zero-order valence-electron chi connectivity index (χ0n) is 11.3. The Morgan fingerprint density at radius 3 is 2.95 bits per heavy atom. The summed E-state index contributed by atoms with van der Waals surface area (Å²) in [6.07, 6.45) is -0.480. The second kappa shape index (κ2) is 4.32. The molecule has 0 saturated carbocycles. The third-order valence-electron chi connectivity index (χ3n) is 3.60. The van der Waals surface area contributed by atoms with Crippen LogP contribution in [0.1, 0.15) is 13.8 Å². The number of anilines is 1. The van der Waals surface area contributed by atoms with Crippen LogP contribution >= 0.6 is 11.8 Å². The number of para-hydroxylation sites is 2. The Morgan fingerprint density at radius 1 is 1.60 bits per heavy atom. The number of nitrogens with zero attached hydrogens (tertiary/aromatic N) is 2. The van der Waals surface area contributed by atoms with Crippen molar-refractivity contribution in [3.63, 3.8) is 0 Å². The Balaban J connectivity index is 2.09. The number of nitriles is 1. The van der Waals surface area contributed by atoms with Crippen LogP contribution in [0.5, 0.6) is 5.75 Å². The van der Waals surface area contributed by atoms with Crippen molar-refractivity contribution < 1.29 is 14.3 Å². The molecule has 1 fully saturated rings. The number of carbonyl (C=O) groups excluding carboxylic acids is 1. The highest BCUT2D eigenvalue weighted by Crippen LogP contribution is 2.63. The van der Waals surface area contributed by atoms with E-state index >= 15 is 0 Å². The lowest BCUT2D eigenvalue weighted by molar-refractivity contribution is 0.0660. The highest BCUT2D eigenvalue weighted by atomic mass is 32.2. The monoisotopic (exact) mass is 290 g/mol. The molecule has 2 heterocycles. The van der Waals surface area contributed by atoms with E-state index in [-0.39, 0.29) is 6.61 Å². The van der Waals surface area contributed by atoms with Crippen LogP contribution in [0.3, 0.4) is 0 Å². The van der Waals surface area contributed by atoms with E-state index in [1.807, 2.05) is 19.1 Å². The van der Waals surface area contributed by atoms with Crippen LogP contribution in [-0.2, 0) is 4.74 Å². The zero-order chi connectivity index (χ0) is 14.4. The molecule has 104 valence electrons. The van der Waals surface area contributed by atoms with Crippen LogP contribution in [0.15, 0.2) is 24.3 Å². The summed E-state index contributed by atoms with van der Waals surface area (Å²) in [7, 11) is 0. The van der Waals surface area contributed by atoms with Crippen LogP contribution in [0.25, 0.3) is 0 Å². The number of ether oxygens (including phenoxy) is 2. The molecule has 1 aromatic rings. The SMILES string of the molecule is CCOC(=O)N1c2ccccc2OC12SCC2(C)C#N. The van der Waals surface area contributed by atoms with Gasteiger partial charge in [-0.25, -0.2) is 9.69 Å². The molecule has 0 aromatic heterocycles. The first-order valence-electron chi connectivity index (χ1n) is 6.38. The van der Waals surface area contributed by atoms with E-state index in [9.17, 15) is 10.1 Å². The molecule has 1 spiro atoms. The molecule has 2 atom stereocenters. The summed E-state index contributed by atoms with van der Waals surface area (Å²) in [5, 5.41) is 8.44. The van der Waals surface area contributed by atoms with Crippen molar-refractivity contribution in [2.45, 2.75) is 18.9 Å². The van der Waals surface area contributed by atoms with Gasteiger partial charge in [-0.1, -0.05) is 23.9 Å². The van der Waals surface area contributed by atoms with Gasteiger partial charge in [-0.2, -0.15) is 5.26 Å². The lowest BCUT2D eigenvalue weighted by Crippen LogP contribution is -2.67. The minimum absolute atomic E-state index is 0.279. The van der Waals surface area contributed by atoms with Crippen LogP contribution < -0.4 is 9.64 Å². The van der Waals surface area contributed by atoms with E-state index in [1.165, 1.54) is 16.7 Å². The molecule has 0 aliphatic carbocycles. The molecular formula is C14H14N2O3S. The average molecular weight is 290 g/mol. The molecule has 3 rings (SSSR count). The standard InChI is InChI=1S/C14H14N2O3S/c1-3-18-12(17)16-10-6-4-5-7-11(10)19-14(16)13(2,8-15)9-20-14/h4-7H,3,9H2,1-2H3.